The zero-order valence-corrected chi connectivity index (χ0v) is 22.4. The smallest absolute Gasteiger partial charge is 0.326 e. The van der Waals surface area contributed by atoms with Gasteiger partial charge in [0.2, 0.25) is 0 Å². The normalized spacial score (nSPS) is 11.7. The first kappa shape index (κ1) is 26.9. The van der Waals surface area contributed by atoms with Crippen molar-refractivity contribution in [1.82, 2.24) is 10.3 Å². The van der Waals surface area contributed by atoms with Crippen LogP contribution in [0.25, 0.3) is 11.3 Å². The van der Waals surface area contributed by atoms with E-state index in [1.165, 1.54) is 0 Å². The van der Waals surface area contributed by atoms with Crippen LogP contribution in [0.5, 0.6) is 5.75 Å². The lowest BCUT2D eigenvalue weighted by atomic mass is 10.0. The summed E-state index contributed by atoms with van der Waals surface area (Å²) < 4.78 is 5.27. The molecule has 1 atom stereocenters. The molecule has 1 amide bonds. The summed E-state index contributed by atoms with van der Waals surface area (Å²) in [6.45, 7) is 4.80. The predicted molar refractivity (Wildman–Crippen MR) is 151 cm³/mol. The van der Waals surface area contributed by atoms with E-state index >= 15 is 0 Å². The quantitative estimate of drug-likeness (QED) is 0.253. The third kappa shape index (κ3) is 6.77. The topological polar surface area (TPSA) is 91.8 Å². The van der Waals surface area contributed by atoms with Crippen molar-refractivity contribution in [3.8, 4) is 17.0 Å². The monoisotopic (exact) mass is 529 g/mol. The number of aliphatic carboxylic acids is 1. The van der Waals surface area contributed by atoms with Crippen LogP contribution in [-0.4, -0.2) is 35.1 Å². The summed E-state index contributed by atoms with van der Waals surface area (Å²) in [6, 6.07) is 24.4. The van der Waals surface area contributed by atoms with Crippen molar-refractivity contribution in [1.29, 1.82) is 0 Å². The maximum Gasteiger partial charge on any atom is 0.326 e. The lowest BCUT2D eigenvalue weighted by Gasteiger charge is -2.22. The number of rotatable bonds is 11. The molecule has 4 rings (SSSR count). The number of aromatic nitrogens is 1. The van der Waals surface area contributed by atoms with Crippen LogP contribution < -0.4 is 15.0 Å². The number of ether oxygens (including phenoxy) is 1. The number of hydrogen-bond acceptors (Lipinski definition) is 6. The Labute approximate surface area is 226 Å². The molecule has 1 unspecified atom stereocenters. The van der Waals surface area contributed by atoms with Crippen molar-refractivity contribution in [2.75, 3.05) is 12.0 Å². The van der Waals surface area contributed by atoms with Crippen LogP contribution in [0, 0.1) is 5.92 Å². The molecule has 2 N–H and O–H groups in total. The Balaban J connectivity index is 1.53. The first-order chi connectivity index (χ1) is 18.3. The molecular weight excluding hydrogens is 498 g/mol. The fourth-order valence-corrected chi connectivity index (χ4v) is 4.85. The van der Waals surface area contributed by atoms with E-state index < -0.39 is 17.9 Å². The molecule has 0 aliphatic rings. The standard InChI is InChI=1S/C30H31N3O4S/c1-20(2)27(29(35)36)32-28(34)24-11-9-22(10-12-24)18-33(17-21-7-5-4-6-8-21)30-31-26(19-38-30)23-13-15-25(37-3)16-14-23/h4-16,19-20,27H,17-18H2,1-3H3,(H,32,34)(H,35,36). The third-order valence-corrected chi connectivity index (χ3v) is 7.07. The number of benzene rings is 3. The number of anilines is 1. The molecule has 0 aliphatic carbocycles. The van der Waals surface area contributed by atoms with Gasteiger partial charge in [-0.2, -0.15) is 0 Å². The number of thiazole rings is 1. The molecule has 3 aromatic carbocycles. The Bertz CT molecular complexity index is 1350. The van der Waals surface area contributed by atoms with Gasteiger partial charge < -0.3 is 20.1 Å². The van der Waals surface area contributed by atoms with Gasteiger partial charge in [0.25, 0.3) is 5.91 Å². The molecule has 0 radical (unpaired) electrons. The second kappa shape index (κ2) is 12.4. The van der Waals surface area contributed by atoms with Crippen molar-refractivity contribution in [2.45, 2.75) is 33.0 Å². The van der Waals surface area contributed by atoms with Crippen LogP contribution in [0.1, 0.15) is 35.3 Å². The minimum absolute atomic E-state index is 0.219. The van der Waals surface area contributed by atoms with Crippen molar-refractivity contribution in [3.05, 3.63) is 101 Å². The van der Waals surface area contributed by atoms with Gasteiger partial charge in [0.15, 0.2) is 5.13 Å². The van der Waals surface area contributed by atoms with Gasteiger partial charge in [0.1, 0.15) is 11.8 Å². The zero-order chi connectivity index (χ0) is 27.1. The molecule has 4 aromatic rings. The Morgan fingerprint density at radius 1 is 0.947 bits per heavy atom. The number of nitrogens with one attached hydrogen (secondary N) is 1. The summed E-state index contributed by atoms with van der Waals surface area (Å²) in [6.07, 6.45) is 0. The van der Waals surface area contributed by atoms with Gasteiger partial charge in [-0.05, 0) is 53.4 Å². The van der Waals surface area contributed by atoms with Gasteiger partial charge in [-0.15, -0.1) is 11.3 Å². The summed E-state index contributed by atoms with van der Waals surface area (Å²) in [5, 5.41) is 14.9. The number of methoxy groups -OCH3 is 1. The Morgan fingerprint density at radius 3 is 2.16 bits per heavy atom. The molecule has 0 bridgehead atoms. The summed E-state index contributed by atoms with van der Waals surface area (Å²) in [5.74, 6) is -0.861. The average Bonchev–Trinajstić information content (AvgIpc) is 3.42. The summed E-state index contributed by atoms with van der Waals surface area (Å²) in [5.41, 5.74) is 4.52. The Morgan fingerprint density at radius 2 is 1.58 bits per heavy atom. The van der Waals surface area contributed by atoms with Crippen molar-refractivity contribution >= 4 is 28.3 Å². The summed E-state index contributed by atoms with van der Waals surface area (Å²) >= 11 is 1.58. The maximum absolute atomic E-state index is 12.6. The van der Waals surface area contributed by atoms with E-state index in [-0.39, 0.29) is 5.92 Å². The highest BCUT2D eigenvalue weighted by Crippen LogP contribution is 2.30. The fourth-order valence-electron chi connectivity index (χ4n) is 4.02. The number of carbonyl (C=O) groups excluding carboxylic acids is 1. The lowest BCUT2D eigenvalue weighted by molar-refractivity contribution is -0.140. The number of carbonyl (C=O) groups is 2. The Hall–Kier alpha value is -4.17. The second-order valence-corrected chi connectivity index (χ2v) is 10.2. The van der Waals surface area contributed by atoms with E-state index in [4.69, 9.17) is 9.72 Å². The molecule has 0 fully saturated rings. The minimum atomic E-state index is -1.04. The number of carboxylic acids is 1. The molecule has 38 heavy (non-hydrogen) atoms. The molecule has 0 spiro atoms. The SMILES string of the molecule is COc1ccc(-c2csc(N(Cc3ccccc3)Cc3ccc(C(=O)NC(C(=O)O)C(C)C)cc3)n2)cc1. The van der Waals surface area contributed by atoms with Crippen LogP contribution in [0.2, 0.25) is 0 Å². The average molecular weight is 530 g/mol. The van der Waals surface area contributed by atoms with E-state index in [1.807, 2.05) is 54.6 Å². The zero-order valence-electron chi connectivity index (χ0n) is 21.6. The van der Waals surface area contributed by atoms with Gasteiger partial charge in [-0.1, -0.05) is 56.3 Å². The largest absolute Gasteiger partial charge is 0.497 e. The molecule has 8 heteroatoms. The number of carboxylic acid groups (broad SMARTS) is 1. The lowest BCUT2D eigenvalue weighted by Crippen LogP contribution is -2.44. The van der Waals surface area contributed by atoms with Crippen molar-refractivity contribution in [3.63, 3.8) is 0 Å². The summed E-state index contributed by atoms with van der Waals surface area (Å²) in [4.78, 5) is 31.2. The number of amides is 1. The summed E-state index contributed by atoms with van der Waals surface area (Å²) in [7, 11) is 1.65. The van der Waals surface area contributed by atoms with Crippen LogP contribution in [0.3, 0.4) is 0 Å². The highest BCUT2D eigenvalue weighted by Gasteiger charge is 2.24. The molecule has 0 saturated heterocycles. The van der Waals surface area contributed by atoms with E-state index in [2.05, 4.69) is 27.7 Å². The van der Waals surface area contributed by atoms with Crippen LogP contribution in [0.15, 0.2) is 84.2 Å². The molecule has 1 aromatic heterocycles. The number of nitrogens with zero attached hydrogens (tertiary/aromatic N) is 2. The molecule has 0 aliphatic heterocycles. The maximum atomic E-state index is 12.6. The van der Waals surface area contributed by atoms with E-state index in [0.717, 1.165) is 33.3 Å². The van der Waals surface area contributed by atoms with Gasteiger partial charge in [-0.25, -0.2) is 9.78 Å². The van der Waals surface area contributed by atoms with E-state index in [0.29, 0.717) is 18.7 Å². The van der Waals surface area contributed by atoms with E-state index in [1.54, 1.807) is 44.4 Å². The molecular formula is C30H31N3O4S. The highest BCUT2D eigenvalue weighted by molar-refractivity contribution is 7.14. The first-order valence-electron chi connectivity index (χ1n) is 12.4. The number of hydrogen-bond donors (Lipinski definition) is 2. The molecule has 7 nitrogen and oxygen atoms in total. The molecule has 0 saturated carbocycles. The Kier molecular flexibility index (Phi) is 8.76. The van der Waals surface area contributed by atoms with Gasteiger partial charge in [0, 0.05) is 29.6 Å². The van der Waals surface area contributed by atoms with Gasteiger partial charge >= 0.3 is 5.97 Å². The fraction of sp³-hybridized carbons (Fsp3) is 0.233. The van der Waals surface area contributed by atoms with Crippen LogP contribution >= 0.6 is 11.3 Å². The van der Waals surface area contributed by atoms with Crippen LogP contribution in [-0.2, 0) is 17.9 Å². The predicted octanol–water partition coefficient (Wildman–Crippen LogP) is 5.86. The van der Waals surface area contributed by atoms with Crippen LogP contribution in [0.4, 0.5) is 5.13 Å². The van der Waals surface area contributed by atoms with Crippen molar-refractivity contribution in [2.24, 2.45) is 5.92 Å². The van der Waals surface area contributed by atoms with Crippen molar-refractivity contribution < 1.29 is 19.4 Å². The molecule has 196 valence electrons. The van der Waals surface area contributed by atoms with Gasteiger partial charge in [0.05, 0.1) is 12.8 Å². The van der Waals surface area contributed by atoms with Gasteiger partial charge in [-0.3, -0.25) is 4.79 Å². The third-order valence-electron chi connectivity index (χ3n) is 6.17. The molecule has 1 heterocycles. The highest BCUT2D eigenvalue weighted by atomic mass is 32.1. The minimum Gasteiger partial charge on any atom is -0.497 e. The second-order valence-electron chi connectivity index (χ2n) is 9.32. The first-order valence-corrected chi connectivity index (χ1v) is 13.2. The van der Waals surface area contributed by atoms with E-state index in [9.17, 15) is 14.7 Å².